The minimum atomic E-state index is 0.516. The molecule has 2 aromatic rings. The first kappa shape index (κ1) is 12.2. The van der Waals surface area contributed by atoms with Crippen molar-refractivity contribution in [2.45, 2.75) is 19.8 Å². The second-order valence-electron chi connectivity index (χ2n) is 3.22. The van der Waals surface area contributed by atoms with Gasteiger partial charge in [-0.1, -0.05) is 24.9 Å². The first-order valence-corrected chi connectivity index (χ1v) is 7.22. The molecular formula is C10H9ClIN3S. The Labute approximate surface area is 116 Å². The number of nitrogens with zero attached hydrogens (tertiary/aromatic N) is 3. The Hall–Kier alpha value is -0.270. The van der Waals surface area contributed by atoms with E-state index in [0.717, 1.165) is 27.8 Å². The Morgan fingerprint density at radius 2 is 2.25 bits per heavy atom. The molecule has 0 unspecified atom stereocenters. The van der Waals surface area contributed by atoms with Gasteiger partial charge in [-0.15, -0.1) is 11.3 Å². The van der Waals surface area contributed by atoms with Crippen LogP contribution in [0.15, 0.2) is 10.9 Å². The Kier molecular flexibility index (Phi) is 4.10. The lowest BCUT2D eigenvalue weighted by atomic mass is 10.2. The molecule has 0 spiro atoms. The zero-order valence-corrected chi connectivity index (χ0v) is 12.3. The molecule has 3 nitrogen and oxygen atoms in total. The molecule has 0 saturated heterocycles. The summed E-state index contributed by atoms with van der Waals surface area (Å²) in [5.74, 6) is 0.620. The highest BCUT2D eigenvalue weighted by atomic mass is 127. The zero-order chi connectivity index (χ0) is 11.5. The summed E-state index contributed by atoms with van der Waals surface area (Å²) in [6.07, 6.45) is 1.96. The van der Waals surface area contributed by atoms with Crippen LogP contribution in [0.3, 0.4) is 0 Å². The molecule has 2 rings (SSSR count). The van der Waals surface area contributed by atoms with Gasteiger partial charge in [0.1, 0.15) is 10.8 Å². The fraction of sp³-hybridized carbons (Fsp3) is 0.300. The molecule has 2 aromatic heterocycles. The van der Waals surface area contributed by atoms with Gasteiger partial charge in [0.25, 0.3) is 0 Å². The number of aryl methyl sites for hydroxylation is 1. The van der Waals surface area contributed by atoms with Crippen molar-refractivity contribution in [1.82, 2.24) is 15.0 Å². The SMILES string of the molecule is CCCc1nc(-c2cscn2)nc(Cl)c1I. The van der Waals surface area contributed by atoms with Crippen LogP contribution >= 0.6 is 45.5 Å². The van der Waals surface area contributed by atoms with E-state index in [2.05, 4.69) is 44.5 Å². The molecule has 0 amide bonds. The average Bonchev–Trinajstić information content (AvgIpc) is 2.78. The van der Waals surface area contributed by atoms with E-state index in [1.165, 1.54) is 11.3 Å². The fourth-order valence-electron chi connectivity index (χ4n) is 1.30. The highest BCUT2D eigenvalue weighted by Crippen LogP contribution is 2.24. The van der Waals surface area contributed by atoms with Crippen molar-refractivity contribution < 1.29 is 0 Å². The van der Waals surface area contributed by atoms with E-state index < -0.39 is 0 Å². The minimum Gasteiger partial charge on any atom is -0.241 e. The van der Waals surface area contributed by atoms with Gasteiger partial charge < -0.3 is 0 Å². The van der Waals surface area contributed by atoms with Gasteiger partial charge in [0.2, 0.25) is 0 Å². The largest absolute Gasteiger partial charge is 0.241 e. The molecule has 0 bridgehead atoms. The topological polar surface area (TPSA) is 38.7 Å². The van der Waals surface area contributed by atoms with Crippen molar-refractivity contribution in [3.05, 3.63) is 25.3 Å². The molecule has 2 heterocycles. The van der Waals surface area contributed by atoms with E-state index in [4.69, 9.17) is 11.6 Å². The fourth-order valence-corrected chi connectivity index (χ4v) is 2.53. The van der Waals surface area contributed by atoms with E-state index in [-0.39, 0.29) is 0 Å². The van der Waals surface area contributed by atoms with Crippen LogP contribution in [-0.2, 0) is 6.42 Å². The zero-order valence-electron chi connectivity index (χ0n) is 8.57. The van der Waals surface area contributed by atoms with Gasteiger partial charge in [-0.05, 0) is 29.0 Å². The summed E-state index contributed by atoms with van der Waals surface area (Å²) in [6, 6.07) is 0. The van der Waals surface area contributed by atoms with Crippen LogP contribution < -0.4 is 0 Å². The standard InChI is InChI=1S/C10H9ClIN3S/c1-2-3-6-8(12)9(11)15-10(14-6)7-4-16-5-13-7/h4-5H,2-3H2,1H3. The molecule has 16 heavy (non-hydrogen) atoms. The minimum absolute atomic E-state index is 0.516. The molecule has 0 atom stereocenters. The molecule has 0 aliphatic heterocycles. The van der Waals surface area contributed by atoms with Gasteiger partial charge in [-0.25, -0.2) is 15.0 Å². The van der Waals surface area contributed by atoms with Gasteiger partial charge in [-0.3, -0.25) is 0 Å². The first-order chi connectivity index (χ1) is 7.72. The van der Waals surface area contributed by atoms with Gasteiger partial charge in [0.15, 0.2) is 5.82 Å². The van der Waals surface area contributed by atoms with Crippen LogP contribution in [0.2, 0.25) is 5.15 Å². The summed E-state index contributed by atoms with van der Waals surface area (Å²) in [7, 11) is 0. The van der Waals surface area contributed by atoms with Crippen LogP contribution in [0.1, 0.15) is 19.0 Å². The third-order valence-electron chi connectivity index (χ3n) is 2.03. The maximum Gasteiger partial charge on any atom is 0.180 e. The number of halogens is 2. The highest BCUT2D eigenvalue weighted by Gasteiger charge is 2.12. The quantitative estimate of drug-likeness (QED) is 0.613. The molecular weight excluding hydrogens is 357 g/mol. The number of hydrogen-bond donors (Lipinski definition) is 0. The van der Waals surface area contributed by atoms with Crippen LogP contribution in [0, 0.1) is 3.57 Å². The van der Waals surface area contributed by atoms with Gasteiger partial charge in [0, 0.05) is 5.38 Å². The van der Waals surface area contributed by atoms with E-state index >= 15 is 0 Å². The van der Waals surface area contributed by atoms with Gasteiger partial charge in [-0.2, -0.15) is 0 Å². The Bertz CT molecular complexity index is 487. The Morgan fingerprint density at radius 3 is 2.88 bits per heavy atom. The van der Waals surface area contributed by atoms with Crippen molar-refractivity contribution in [2.75, 3.05) is 0 Å². The second kappa shape index (κ2) is 5.37. The lowest BCUT2D eigenvalue weighted by Crippen LogP contribution is -2.00. The summed E-state index contributed by atoms with van der Waals surface area (Å²) >= 11 is 9.80. The summed E-state index contributed by atoms with van der Waals surface area (Å²) in [5.41, 5.74) is 3.57. The lowest BCUT2D eigenvalue weighted by molar-refractivity contribution is 0.866. The van der Waals surface area contributed by atoms with Crippen LogP contribution in [0.5, 0.6) is 0 Å². The maximum atomic E-state index is 6.09. The molecule has 0 aliphatic carbocycles. The van der Waals surface area contributed by atoms with E-state index in [0.29, 0.717) is 11.0 Å². The number of thiazole rings is 1. The van der Waals surface area contributed by atoms with Gasteiger partial charge >= 0.3 is 0 Å². The van der Waals surface area contributed by atoms with Crippen molar-refractivity contribution in [1.29, 1.82) is 0 Å². The van der Waals surface area contributed by atoms with Crippen LogP contribution in [0.25, 0.3) is 11.5 Å². The molecule has 0 N–H and O–H groups in total. The predicted molar refractivity (Wildman–Crippen MR) is 74.9 cm³/mol. The average molecular weight is 366 g/mol. The first-order valence-electron chi connectivity index (χ1n) is 4.82. The highest BCUT2D eigenvalue weighted by molar-refractivity contribution is 14.1. The molecule has 0 aromatic carbocycles. The Morgan fingerprint density at radius 1 is 1.44 bits per heavy atom. The van der Waals surface area contributed by atoms with E-state index in [1.807, 2.05) is 5.38 Å². The summed E-state index contributed by atoms with van der Waals surface area (Å²) < 4.78 is 0.945. The lowest BCUT2D eigenvalue weighted by Gasteiger charge is -2.05. The van der Waals surface area contributed by atoms with Crippen LogP contribution in [-0.4, -0.2) is 15.0 Å². The van der Waals surface area contributed by atoms with Crippen molar-refractivity contribution in [2.24, 2.45) is 0 Å². The molecule has 0 fully saturated rings. The Balaban J connectivity index is 2.48. The molecule has 0 aliphatic rings. The molecule has 0 radical (unpaired) electrons. The third kappa shape index (κ3) is 2.52. The molecule has 0 saturated carbocycles. The molecule has 84 valence electrons. The second-order valence-corrected chi connectivity index (χ2v) is 5.38. The molecule has 6 heteroatoms. The predicted octanol–water partition coefficient (Wildman–Crippen LogP) is 3.81. The smallest absolute Gasteiger partial charge is 0.180 e. The number of hydrogen-bond acceptors (Lipinski definition) is 4. The van der Waals surface area contributed by atoms with Gasteiger partial charge in [0.05, 0.1) is 14.8 Å². The number of rotatable bonds is 3. The third-order valence-corrected chi connectivity index (χ3v) is 4.34. The van der Waals surface area contributed by atoms with Crippen LogP contribution in [0.4, 0.5) is 0 Å². The normalized spacial score (nSPS) is 10.7. The maximum absolute atomic E-state index is 6.09. The van der Waals surface area contributed by atoms with E-state index in [1.54, 1.807) is 5.51 Å². The summed E-state index contributed by atoms with van der Waals surface area (Å²) in [4.78, 5) is 12.9. The van der Waals surface area contributed by atoms with Crippen molar-refractivity contribution in [3.63, 3.8) is 0 Å². The summed E-state index contributed by atoms with van der Waals surface area (Å²) in [5, 5.41) is 2.44. The number of aromatic nitrogens is 3. The summed E-state index contributed by atoms with van der Waals surface area (Å²) in [6.45, 7) is 2.12. The van der Waals surface area contributed by atoms with Crippen molar-refractivity contribution in [3.8, 4) is 11.5 Å². The van der Waals surface area contributed by atoms with Crippen molar-refractivity contribution >= 4 is 45.5 Å². The van der Waals surface area contributed by atoms with E-state index in [9.17, 15) is 0 Å². The monoisotopic (exact) mass is 365 g/mol.